The fourth-order valence-corrected chi connectivity index (χ4v) is 4.61. The molecule has 1 unspecified atom stereocenters. The SMILES string of the molecule is O=C1CCCC(=O)C(N2Cc3c(OCc4cnc5ccccc5c4)cccc3C2=O)CC1. The molecule has 32 heavy (non-hydrogen) atoms. The molecule has 1 aliphatic heterocycles. The third kappa shape index (κ3) is 3.88. The Morgan fingerprint density at radius 3 is 2.78 bits per heavy atom. The number of Topliss-reactive ketones (excluding diaryl/α,β-unsaturated/α-hetero) is 2. The van der Waals surface area contributed by atoms with Crippen LogP contribution < -0.4 is 4.74 Å². The first-order valence-electron chi connectivity index (χ1n) is 11.0. The highest BCUT2D eigenvalue weighted by atomic mass is 16.5. The summed E-state index contributed by atoms with van der Waals surface area (Å²) in [4.78, 5) is 43.8. The Kier molecular flexibility index (Phi) is 5.43. The first-order chi connectivity index (χ1) is 15.6. The summed E-state index contributed by atoms with van der Waals surface area (Å²) in [6, 6.07) is 14.9. The van der Waals surface area contributed by atoms with Crippen molar-refractivity contribution in [1.82, 2.24) is 9.88 Å². The van der Waals surface area contributed by atoms with Gasteiger partial charge in [-0.25, -0.2) is 0 Å². The standard InChI is InChI=1S/C26H24N2O4/c29-19-6-3-9-24(30)23(12-11-19)28-15-21-20(26(28)31)7-4-10-25(21)32-16-17-13-18-5-1-2-8-22(18)27-14-17/h1-2,4-5,7-8,10,13-14,23H,3,6,9,11-12,15-16H2. The van der Waals surface area contributed by atoms with Crippen molar-refractivity contribution in [3.63, 3.8) is 0 Å². The lowest BCUT2D eigenvalue weighted by Crippen LogP contribution is -2.42. The summed E-state index contributed by atoms with van der Waals surface area (Å²) in [6.45, 7) is 0.657. The lowest BCUT2D eigenvalue weighted by atomic mass is 9.94. The van der Waals surface area contributed by atoms with E-state index in [9.17, 15) is 14.4 Å². The van der Waals surface area contributed by atoms with Crippen LogP contribution in [0.3, 0.4) is 0 Å². The van der Waals surface area contributed by atoms with Crippen LogP contribution >= 0.6 is 0 Å². The van der Waals surface area contributed by atoms with Crippen LogP contribution in [-0.4, -0.2) is 33.4 Å². The van der Waals surface area contributed by atoms with Crippen LogP contribution in [0.2, 0.25) is 0 Å². The highest BCUT2D eigenvalue weighted by molar-refractivity contribution is 6.02. The maximum Gasteiger partial charge on any atom is 0.255 e. The molecule has 0 radical (unpaired) electrons. The average Bonchev–Trinajstić information content (AvgIpc) is 3.13. The van der Waals surface area contributed by atoms with E-state index in [1.54, 1.807) is 23.2 Å². The highest BCUT2D eigenvalue weighted by Gasteiger charge is 2.38. The Hall–Kier alpha value is -3.54. The zero-order chi connectivity index (χ0) is 22.1. The molecule has 5 rings (SSSR count). The third-order valence-electron chi connectivity index (χ3n) is 6.32. The van der Waals surface area contributed by atoms with Gasteiger partial charge >= 0.3 is 0 Å². The number of aromatic nitrogens is 1. The monoisotopic (exact) mass is 428 g/mol. The van der Waals surface area contributed by atoms with Crippen molar-refractivity contribution in [2.24, 2.45) is 0 Å². The second-order valence-electron chi connectivity index (χ2n) is 8.45. The van der Waals surface area contributed by atoms with E-state index in [1.165, 1.54) is 0 Å². The van der Waals surface area contributed by atoms with Crippen LogP contribution in [0.25, 0.3) is 10.9 Å². The van der Waals surface area contributed by atoms with Gasteiger partial charge in [0.05, 0.1) is 18.1 Å². The van der Waals surface area contributed by atoms with Gasteiger partial charge in [-0.3, -0.25) is 19.4 Å². The van der Waals surface area contributed by atoms with Crippen LogP contribution in [0.4, 0.5) is 0 Å². The van der Waals surface area contributed by atoms with E-state index in [-0.39, 0.29) is 17.5 Å². The zero-order valence-corrected chi connectivity index (χ0v) is 17.8. The van der Waals surface area contributed by atoms with Gasteiger partial charge in [-0.2, -0.15) is 0 Å². The molecule has 6 heteroatoms. The van der Waals surface area contributed by atoms with Crippen molar-refractivity contribution in [3.05, 3.63) is 71.4 Å². The predicted molar refractivity (Wildman–Crippen MR) is 119 cm³/mol. The Morgan fingerprint density at radius 1 is 1.00 bits per heavy atom. The number of rotatable bonds is 4. The number of carbonyl (C=O) groups is 3. The van der Waals surface area contributed by atoms with Gasteiger partial charge in [0.2, 0.25) is 0 Å². The fraction of sp³-hybridized carbons (Fsp3) is 0.308. The highest BCUT2D eigenvalue weighted by Crippen LogP contribution is 2.34. The largest absolute Gasteiger partial charge is 0.488 e. The molecule has 1 aliphatic carbocycles. The third-order valence-corrected chi connectivity index (χ3v) is 6.32. The van der Waals surface area contributed by atoms with Crippen molar-refractivity contribution < 1.29 is 19.1 Å². The molecular formula is C26H24N2O4. The van der Waals surface area contributed by atoms with Gasteiger partial charge in [-0.05, 0) is 37.1 Å². The summed E-state index contributed by atoms with van der Waals surface area (Å²) in [5, 5.41) is 1.05. The van der Waals surface area contributed by atoms with E-state index in [0.29, 0.717) is 56.6 Å². The maximum absolute atomic E-state index is 13.1. The minimum Gasteiger partial charge on any atom is -0.488 e. The van der Waals surface area contributed by atoms with Gasteiger partial charge in [-0.15, -0.1) is 0 Å². The number of para-hydroxylation sites is 1. The Labute approximate surface area is 186 Å². The normalized spacial score (nSPS) is 19.1. The predicted octanol–water partition coefficient (Wildman–Crippen LogP) is 4.24. The molecule has 2 heterocycles. The lowest BCUT2D eigenvalue weighted by molar-refractivity contribution is -0.126. The number of ketones is 2. The van der Waals surface area contributed by atoms with Gasteiger partial charge < -0.3 is 9.64 Å². The molecule has 2 aliphatic rings. The van der Waals surface area contributed by atoms with Crippen LogP contribution in [0.15, 0.2) is 54.7 Å². The fourth-order valence-electron chi connectivity index (χ4n) is 4.61. The zero-order valence-electron chi connectivity index (χ0n) is 17.8. The number of benzene rings is 2. The number of amides is 1. The molecule has 1 atom stereocenters. The topological polar surface area (TPSA) is 76.6 Å². The minimum atomic E-state index is -0.545. The first-order valence-corrected chi connectivity index (χ1v) is 11.0. The molecule has 1 aromatic heterocycles. The van der Waals surface area contributed by atoms with E-state index in [2.05, 4.69) is 4.98 Å². The molecule has 3 aromatic rings. The quantitative estimate of drug-likeness (QED) is 0.621. The van der Waals surface area contributed by atoms with Crippen molar-refractivity contribution in [2.45, 2.75) is 51.3 Å². The summed E-state index contributed by atoms with van der Waals surface area (Å²) in [7, 11) is 0. The average molecular weight is 428 g/mol. The van der Waals surface area contributed by atoms with Gasteiger partial charge in [0.25, 0.3) is 5.91 Å². The second-order valence-corrected chi connectivity index (χ2v) is 8.45. The summed E-state index contributed by atoms with van der Waals surface area (Å²) in [6.07, 6.45) is 3.90. The molecular weight excluding hydrogens is 404 g/mol. The Morgan fingerprint density at radius 2 is 1.88 bits per heavy atom. The van der Waals surface area contributed by atoms with Crippen LogP contribution in [0, 0.1) is 0 Å². The Bertz CT molecular complexity index is 1220. The van der Waals surface area contributed by atoms with Gasteiger partial charge in [-0.1, -0.05) is 24.3 Å². The van der Waals surface area contributed by atoms with Crippen molar-refractivity contribution in [3.8, 4) is 5.75 Å². The van der Waals surface area contributed by atoms with Crippen LogP contribution in [0.5, 0.6) is 5.75 Å². The smallest absolute Gasteiger partial charge is 0.255 e. The number of fused-ring (bicyclic) bond motifs is 2. The molecule has 0 bridgehead atoms. The van der Waals surface area contributed by atoms with Crippen molar-refractivity contribution in [1.29, 1.82) is 0 Å². The van der Waals surface area contributed by atoms with E-state index >= 15 is 0 Å². The van der Waals surface area contributed by atoms with Gasteiger partial charge in [0, 0.05) is 47.5 Å². The van der Waals surface area contributed by atoms with E-state index in [1.807, 2.05) is 36.4 Å². The van der Waals surface area contributed by atoms with Crippen molar-refractivity contribution >= 4 is 28.4 Å². The first kappa shape index (κ1) is 20.4. The summed E-state index contributed by atoms with van der Waals surface area (Å²) < 4.78 is 6.10. The molecule has 0 spiro atoms. The summed E-state index contributed by atoms with van der Waals surface area (Å²) >= 11 is 0. The van der Waals surface area contributed by atoms with Crippen molar-refractivity contribution in [2.75, 3.05) is 0 Å². The van der Waals surface area contributed by atoms with Crippen LogP contribution in [0.1, 0.15) is 53.6 Å². The summed E-state index contributed by atoms with van der Waals surface area (Å²) in [5.74, 6) is 0.688. The van der Waals surface area contributed by atoms with E-state index in [0.717, 1.165) is 22.0 Å². The number of carbonyl (C=O) groups excluding carboxylic acids is 3. The molecule has 162 valence electrons. The number of hydrogen-bond acceptors (Lipinski definition) is 5. The number of ether oxygens (including phenoxy) is 1. The Balaban J connectivity index is 1.35. The number of pyridine rings is 1. The van der Waals surface area contributed by atoms with Gasteiger partial charge in [0.15, 0.2) is 5.78 Å². The molecule has 1 saturated carbocycles. The minimum absolute atomic E-state index is 0.0448. The molecule has 0 N–H and O–H groups in total. The van der Waals surface area contributed by atoms with E-state index in [4.69, 9.17) is 4.74 Å². The molecule has 6 nitrogen and oxygen atoms in total. The van der Waals surface area contributed by atoms with Crippen LogP contribution in [-0.2, 0) is 22.7 Å². The molecule has 1 fully saturated rings. The molecule has 0 saturated heterocycles. The summed E-state index contributed by atoms with van der Waals surface area (Å²) in [5.41, 5.74) is 3.24. The molecule has 1 amide bonds. The van der Waals surface area contributed by atoms with E-state index < -0.39 is 6.04 Å². The molecule has 2 aromatic carbocycles. The lowest BCUT2D eigenvalue weighted by Gasteiger charge is -2.28. The number of nitrogens with zero attached hydrogens (tertiary/aromatic N) is 2. The second kappa shape index (κ2) is 8.54. The van der Waals surface area contributed by atoms with Gasteiger partial charge in [0.1, 0.15) is 18.1 Å². The maximum atomic E-state index is 13.1. The number of hydrogen-bond donors (Lipinski definition) is 0.